The van der Waals surface area contributed by atoms with Gasteiger partial charge < -0.3 is 15.0 Å². The van der Waals surface area contributed by atoms with Gasteiger partial charge in [0.2, 0.25) is 0 Å². The number of thiophene rings is 1. The van der Waals surface area contributed by atoms with E-state index in [9.17, 15) is 14.0 Å². The van der Waals surface area contributed by atoms with Gasteiger partial charge in [0, 0.05) is 36.1 Å². The van der Waals surface area contributed by atoms with Crippen molar-refractivity contribution in [1.29, 1.82) is 0 Å². The summed E-state index contributed by atoms with van der Waals surface area (Å²) < 4.78 is 21.1. The third-order valence-electron chi connectivity index (χ3n) is 4.80. The number of rotatable bonds is 8. The Morgan fingerprint density at radius 3 is 2.71 bits per heavy atom. The molecule has 0 saturated carbocycles. The highest BCUT2D eigenvalue weighted by atomic mass is 32.1. The van der Waals surface area contributed by atoms with Crippen LogP contribution in [0.2, 0.25) is 0 Å². The van der Waals surface area contributed by atoms with E-state index in [1.807, 2.05) is 32.3 Å². The second-order valence-electron chi connectivity index (χ2n) is 9.03. The summed E-state index contributed by atoms with van der Waals surface area (Å²) in [7, 11) is 4.00. The molecule has 1 amide bonds. The van der Waals surface area contributed by atoms with Gasteiger partial charge in [-0.1, -0.05) is 12.1 Å². The smallest absolute Gasteiger partial charge is 0.407 e. The number of anilines is 1. The molecule has 0 aliphatic carbocycles. The summed E-state index contributed by atoms with van der Waals surface area (Å²) >= 11 is 1.61. The molecule has 10 heteroatoms. The van der Waals surface area contributed by atoms with Gasteiger partial charge in [0.25, 0.3) is 0 Å². The minimum absolute atomic E-state index is 0.0782. The molecule has 0 radical (unpaired) electrons. The Balaban J connectivity index is 1.64. The molecule has 182 valence electrons. The van der Waals surface area contributed by atoms with Crippen LogP contribution in [0.4, 0.5) is 14.9 Å². The van der Waals surface area contributed by atoms with E-state index in [1.54, 1.807) is 32.1 Å². The number of carbonyl (C=O) groups is 1. The van der Waals surface area contributed by atoms with Crippen molar-refractivity contribution in [1.82, 2.24) is 19.7 Å². The molecule has 8 nitrogen and oxygen atoms in total. The number of hydrogen-bond acceptors (Lipinski definition) is 6. The van der Waals surface area contributed by atoms with Gasteiger partial charge in [0.15, 0.2) is 0 Å². The first kappa shape index (κ1) is 25.2. The lowest BCUT2D eigenvalue weighted by Crippen LogP contribution is -2.34. The number of aromatic nitrogens is 3. The Labute approximate surface area is 202 Å². The molecule has 34 heavy (non-hydrogen) atoms. The first-order chi connectivity index (χ1) is 16.1. The molecule has 0 unspecified atom stereocenters. The Kier molecular flexibility index (Phi) is 7.93. The number of nitrogens with zero attached hydrogens (tertiary/aromatic N) is 4. The van der Waals surface area contributed by atoms with Gasteiger partial charge in [-0.2, -0.15) is 5.10 Å². The number of amides is 1. The van der Waals surface area contributed by atoms with Crippen LogP contribution in [0.25, 0.3) is 10.4 Å². The molecule has 0 bridgehead atoms. The maximum absolute atomic E-state index is 13.4. The van der Waals surface area contributed by atoms with Crippen molar-refractivity contribution < 1.29 is 13.9 Å². The molecule has 0 fully saturated rings. The largest absolute Gasteiger partial charge is 0.444 e. The normalized spacial score (nSPS) is 12.0. The molecule has 3 rings (SSSR count). The summed E-state index contributed by atoms with van der Waals surface area (Å²) in [5, 5.41) is 6.58. The summed E-state index contributed by atoms with van der Waals surface area (Å²) in [6.45, 7) is 5.41. The van der Waals surface area contributed by atoms with Crippen molar-refractivity contribution in [2.75, 3.05) is 25.5 Å². The molecule has 0 atom stereocenters. The van der Waals surface area contributed by atoms with E-state index in [2.05, 4.69) is 33.5 Å². The number of carbonyl (C=O) groups excluding carboxylic acids is 1. The zero-order valence-corrected chi connectivity index (χ0v) is 20.9. The standard InChI is InChI=1S/C24H30FN5O3S/c1-24(2,3)33-22(31)26-13-17(12-25)14-30-23(32)29(16-27-30)15-20-9-10-21(34-20)18-7-6-8-19(11-18)28(4)5/h6-12,16H,13-15H2,1-5H3,(H,26,31). The van der Waals surface area contributed by atoms with Crippen molar-refractivity contribution in [2.45, 2.75) is 39.5 Å². The van der Waals surface area contributed by atoms with E-state index in [1.165, 1.54) is 10.9 Å². The summed E-state index contributed by atoms with van der Waals surface area (Å²) in [6.07, 6.45) is 1.15. The van der Waals surface area contributed by atoms with Crippen LogP contribution in [0.15, 0.2) is 59.4 Å². The van der Waals surface area contributed by atoms with E-state index in [0.29, 0.717) is 12.9 Å². The molecule has 1 aromatic carbocycles. The van der Waals surface area contributed by atoms with E-state index in [-0.39, 0.29) is 24.4 Å². The van der Waals surface area contributed by atoms with Gasteiger partial charge in [0.05, 0.1) is 19.4 Å². The van der Waals surface area contributed by atoms with Crippen LogP contribution >= 0.6 is 11.3 Å². The second-order valence-corrected chi connectivity index (χ2v) is 10.2. The van der Waals surface area contributed by atoms with E-state index in [4.69, 9.17) is 4.74 Å². The number of nitrogens with one attached hydrogen (secondary N) is 1. The Bertz CT molecular complexity index is 1220. The monoisotopic (exact) mass is 487 g/mol. The number of ether oxygens (including phenoxy) is 1. The molecular formula is C24H30FN5O3S. The zero-order valence-electron chi connectivity index (χ0n) is 20.0. The molecular weight excluding hydrogens is 457 g/mol. The van der Waals surface area contributed by atoms with Gasteiger partial charge in [-0.05, 0) is 56.2 Å². The molecule has 0 aliphatic heterocycles. The lowest BCUT2D eigenvalue weighted by molar-refractivity contribution is 0.0532. The van der Waals surface area contributed by atoms with Gasteiger partial charge in [-0.3, -0.25) is 4.57 Å². The van der Waals surface area contributed by atoms with Gasteiger partial charge in [-0.15, -0.1) is 11.3 Å². The first-order valence-corrected chi connectivity index (χ1v) is 11.6. The topological polar surface area (TPSA) is 81.4 Å². The highest BCUT2D eigenvalue weighted by Gasteiger charge is 2.17. The Hall–Kier alpha value is -3.40. The van der Waals surface area contributed by atoms with Crippen molar-refractivity contribution in [3.05, 3.63) is 70.0 Å². The highest BCUT2D eigenvalue weighted by Crippen LogP contribution is 2.30. The fraction of sp³-hybridized carbons (Fsp3) is 0.375. The van der Waals surface area contributed by atoms with Crippen LogP contribution in [0, 0.1) is 0 Å². The fourth-order valence-electron chi connectivity index (χ4n) is 3.13. The number of benzene rings is 1. The Morgan fingerprint density at radius 2 is 2.03 bits per heavy atom. The summed E-state index contributed by atoms with van der Waals surface area (Å²) in [4.78, 5) is 28.7. The molecule has 0 aliphatic rings. The molecule has 2 heterocycles. The number of halogens is 1. The summed E-state index contributed by atoms with van der Waals surface area (Å²) in [5.74, 6) is 0. The van der Waals surface area contributed by atoms with E-state index < -0.39 is 11.7 Å². The average molecular weight is 488 g/mol. The van der Waals surface area contributed by atoms with Crippen LogP contribution in [-0.2, 0) is 17.8 Å². The highest BCUT2D eigenvalue weighted by molar-refractivity contribution is 7.15. The van der Waals surface area contributed by atoms with Gasteiger partial charge in [0.1, 0.15) is 11.9 Å². The van der Waals surface area contributed by atoms with E-state index in [0.717, 1.165) is 25.7 Å². The van der Waals surface area contributed by atoms with Crippen molar-refractivity contribution >= 4 is 23.1 Å². The predicted octanol–water partition coefficient (Wildman–Crippen LogP) is 4.27. The van der Waals surface area contributed by atoms with Crippen LogP contribution in [0.3, 0.4) is 0 Å². The lowest BCUT2D eigenvalue weighted by Gasteiger charge is -2.19. The SMILES string of the molecule is CN(C)c1cccc(-c2ccc(Cn3cnn(CC(=CF)CNC(=O)OC(C)(C)C)c3=O)s2)c1. The molecule has 2 aromatic heterocycles. The van der Waals surface area contributed by atoms with Crippen LogP contribution in [0.5, 0.6) is 0 Å². The predicted molar refractivity (Wildman–Crippen MR) is 133 cm³/mol. The maximum atomic E-state index is 13.4. The minimum atomic E-state index is -0.658. The molecule has 3 aromatic rings. The molecule has 1 N–H and O–H groups in total. The Morgan fingerprint density at radius 1 is 1.26 bits per heavy atom. The quantitative estimate of drug-likeness (QED) is 0.513. The zero-order chi connectivity index (χ0) is 24.9. The van der Waals surface area contributed by atoms with Crippen LogP contribution in [0.1, 0.15) is 25.6 Å². The van der Waals surface area contributed by atoms with Gasteiger partial charge >= 0.3 is 11.8 Å². The number of hydrogen-bond donors (Lipinski definition) is 1. The summed E-state index contributed by atoms with van der Waals surface area (Å²) in [6, 6.07) is 12.3. The third-order valence-corrected chi connectivity index (χ3v) is 5.92. The van der Waals surface area contributed by atoms with Gasteiger partial charge in [-0.25, -0.2) is 18.7 Å². The van der Waals surface area contributed by atoms with Crippen molar-refractivity contribution in [3.8, 4) is 10.4 Å². The average Bonchev–Trinajstić information content (AvgIpc) is 3.37. The maximum Gasteiger partial charge on any atom is 0.407 e. The fourth-order valence-corrected chi connectivity index (χ4v) is 4.14. The third kappa shape index (κ3) is 6.80. The van der Waals surface area contributed by atoms with Crippen molar-refractivity contribution in [2.24, 2.45) is 0 Å². The molecule has 0 saturated heterocycles. The van der Waals surface area contributed by atoms with Crippen molar-refractivity contribution in [3.63, 3.8) is 0 Å². The second kappa shape index (κ2) is 10.7. The lowest BCUT2D eigenvalue weighted by atomic mass is 10.1. The molecule has 0 spiro atoms. The number of alkyl carbamates (subject to hydrolysis) is 1. The van der Waals surface area contributed by atoms with Crippen LogP contribution in [-0.4, -0.2) is 46.7 Å². The van der Waals surface area contributed by atoms with Crippen LogP contribution < -0.4 is 15.9 Å². The summed E-state index contributed by atoms with van der Waals surface area (Å²) in [5.41, 5.74) is 1.40. The van der Waals surface area contributed by atoms with E-state index >= 15 is 0 Å². The first-order valence-electron chi connectivity index (χ1n) is 10.8. The minimum Gasteiger partial charge on any atom is -0.444 e.